The third kappa shape index (κ3) is 2.58. The van der Waals surface area contributed by atoms with Crippen molar-refractivity contribution in [2.75, 3.05) is 0 Å². The summed E-state index contributed by atoms with van der Waals surface area (Å²) in [7, 11) is -1.45. The van der Waals surface area contributed by atoms with Crippen molar-refractivity contribution in [2.24, 2.45) is 0 Å². The van der Waals surface area contributed by atoms with Crippen LogP contribution in [0.25, 0.3) is 6.08 Å². The van der Waals surface area contributed by atoms with Crippen molar-refractivity contribution in [2.45, 2.75) is 32.2 Å². The summed E-state index contributed by atoms with van der Waals surface area (Å²) >= 11 is 0. The van der Waals surface area contributed by atoms with Crippen molar-refractivity contribution < 1.29 is 4.43 Å². The smallest absolute Gasteiger partial charge is 0.184 e. The van der Waals surface area contributed by atoms with E-state index in [1.165, 1.54) is 11.1 Å². The van der Waals surface area contributed by atoms with Gasteiger partial charge < -0.3 is 4.43 Å². The average molecular weight is 218 g/mol. The first-order valence-corrected chi connectivity index (χ1v) is 8.90. The fourth-order valence-electron chi connectivity index (χ4n) is 1.94. The summed E-state index contributed by atoms with van der Waals surface area (Å²) in [6.07, 6.45) is 5.70. The largest absolute Gasteiger partial charge is 0.410 e. The molecule has 80 valence electrons. The molecular weight excluding hydrogens is 200 g/mol. The minimum atomic E-state index is -1.45. The van der Waals surface area contributed by atoms with Crippen LogP contribution in [-0.2, 0) is 4.43 Å². The number of fused-ring (bicyclic) bond motifs is 1. The Labute approximate surface area is 92.9 Å². The maximum atomic E-state index is 6.19. The second kappa shape index (κ2) is 3.95. The zero-order chi connectivity index (χ0) is 10.9. The maximum absolute atomic E-state index is 6.19. The summed E-state index contributed by atoms with van der Waals surface area (Å²) in [5.41, 5.74) is 2.66. The first kappa shape index (κ1) is 10.6. The molecule has 1 aromatic rings. The van der Waals surface area contributed by atoms with E-state index in [2.05, 4.69) is 56.1 Å². The van der Waals surface area contributed by atoms with Gasteiger partial charge in [-0.1, -0.05) is 36.4 Å². The summed E-state index contributed by atoms with van der Waals surface area (Å²) in [6, 6.07) is 8.52. The van der Waals surface area contributed by atoms with E-state index in [9.17, 15) is 0 Å². The van der Waals surface area contributed by atoms with E-state index in [1.54, 1.807) is 0 Å². The van der Waals surface area contributed by atoms with E-state index >= 15 is 0 Å². The van der Waals surface area contributed by atoms with Crippen molar-refractivity contribution in [3.8, 4) is 0 Å². The van der Waals surface area contributed by atoms with Gasteiger partial charge in [0, 0.05) is 0 Å². The zero-order valence-electron chi connectivity index (χ0n) is 9.66. The predicted octanol–water partition coefficient (Wildman–Crippen LogP) is 4.00. The van der Waals surface area contributed by atoms with E-state index in [0.29, 0.717) is 0 Å². The van der Waals surface area contributed by atoms with E-state index in [4.69, 9.17) is 4.43 Å². The molecule has 1 aliphatic rings. The molecule has 15 heavy (non-hydrogen) atoms. The Bertz CT molecular complexity index is 376. The Morgan fingerprint density at radius 1 is 1.20 bits per heavy atom. The topological polar surface area (TPSA) is 9.23 Å². The van der Waals surface area contributed by atoms with Crippen LogP contribution in [0.3, 0.4) is 0 Å². The summed E-state index contributed by atoms with van der Waals surface area (Å²) in [4.78, 5) is 0. The van der Waals surface area contributed by atoms with Gasteiger partial charge in [-0.25, -0.2) is 0 Å². The van der Waals surface area contributed by atoms with E-state index in [1.807, 2.05) is 0 Å². The standard InChI is InChI=1S/C13H18OSi/c1-15(2,3)14-13-10-6-8-11-7-4-5-9-12(11)13/h4-9,13H,10H2,1-3H3. The molecule has 1 aliphatic carbocycles. The molecule has 1 aromatic carbocycles. The molecule has 1 nitrogen and oxygen atoms in total. The molecular formula is C13H18OSi. The number of hydrogen-bond donors (Lipinski definition) is 0. The first-order chi connectivity index (χ1) is 7.06. The molecule has 0 aliphatic heterocycles. The number of rotatable bonds is 2. The Morgan fingerprint density at radius 3 is 2.67 bits per heavy atom. The zero-order valence-corrected chi connectivity index (χ0v) is 10.7. The minimum absolute atomic E-state index is 0.276. The monoisotopic (exact) mass is 218 g/mol. The van der Waals surface area contributed by atoms with Gasteiger partial charge in [0.1, 0.15) is 0 Å². The van der Waals surface area contributed by atoms with Crippen LogP contribution >= 0.6 is 0 Å². The highest BCUT2D eigenvalue weighted by Crippen LogP contribution is 2.32. The van der Waals surface area contributed by atoms with Gasteiger partial charge in [0.2, 0.25) is 0 Å². The molecule has 0 fully saturated rings. The van der Waals surface area contributed by atoms with Crippen molar-refractivity contribution >= 4 is 14.4 Å². The lowest BCUT2D eigenvalue weighted by molar-refractivity contribution is 0.200. The van der Waals surface area contributed by atoms with Crippen LogP contribution in [0.15, 0.2) is 30.3 Å². The van der Waals surface area contributed by atoms with Gasteiger partial charge in [0.15, 0.2) is 8.32 Å². The molecule has 0 aromatic heterocycles. The van der Waals surface area contributed by atoms with Crippen molar-refractivity contribution in [1.29, 1.82) is 0 Å². The van der Waals surface area contributed by atoms with Gasteiger partial charge in [-0.05, 0) is 37.2 Å². The normalized spacial score (nSPS) is 20.1. The highest BCUT2D eigenvalue weighted by atomic mass is 28.4. The molecule has 0 saturated carbocycles. The molecule has 0 N–H and O–H groups in total. The number of benzene rings is 1. The Morgan fingerprint density at radius 2 is 1.93 bits per heavy atom. The Kier molecular flexibility index (Phi) is 2.80. The van der Waals surface area contributed by atoms with Crippen LogP contribution in [-0.4, -0.2) is 8.32 Å². The second-order valence-corrected chi connectivity index (χ2v) is 9.45. The van der Waals surface area contributed by atoms with Crippen LogP contribution in [0.4, 0.5) is 0 Å². The lowest BCUT2D eigenvalue weighted by Gasteiger charge is -2.29. The van der Waals surface area contributed by atoms with Crippen LogP contribution < -0.4 is 0 Å². The molecule has 2 rings (SSSR count). The van der Waals surface area contributed by atoms with E-state index in [0.717, 1.165) is 6.42 Å². The van der Waals surface area contributed by atoms with Gasteiger partial charge in [-0.3, -0.25) is 0 Å². The molecule has 1 atom stereocenters. The SMILES string of the molecule is C[Si](C)(C)OC1CC=Cc2ccccc21. The molecule has 1 unspecified atom stereocenters. The second-order valence-electron chi connectivity index (χ2n) is 4.99. The molecule has 0 radical (unpaired) electrons. The highest BCUT2D eigenvalue weighted by molar-refractivity contribution is 6.69. The molecule has 0 bridgehead atoms. The van der Waals surface area contributed by atoms with Crippen LogP contribution in [0, 0.1) is 0 Å². The fourth-order valence-corrected chi connectivity index (χ4v) is 3.02. The van der Waals surface area contributed by atoms with Gasteiger partial charge in [0.25, 0.3) is 0 Å². The van der Waals surface area contributed by atoms with Gasteiger partial charge >= 0.3 is 0 Å². The molecule has 2 heteroatoms. The molecule has 0 heterocycles. The van der Waals surface area contributed by atoms with Crippen LogP contribution in [0.2, 0.25) is 19.6 Å². The molecule has 0 spiro atoms. The van der Waals surface area contributed by atoms with Crippen LogP contribution in [0.1, 0.15) is 23.7 Å². The summed E-state index contributed by atoms with van der Waals surface area (Å²) in [5.74, 6) is 0. The fraction of sp³-hybridized carbons (Fsp3) is 0.385. The third-order valence-corrected chi connectivity index (χ3v) is 3.48. The molecule has 0 saturated heterocycles. The number of hydrogen-bond acceptors (Lipinski definition) is 1. The van der Waals surface area contributed by atoms with Crippen molar-refractivity contribution in [3.05, 3.63) is 41.5 Å². The lowest BCUT2D eigenvalue weighted by Crippen LogP contribution is -2.28. The summed E-state index contributed by atoms with van der Waals surface area (Å²) < 4.78 is 6.19. The average Bonchev–Trinajstić information content (AvgIpc) is 2.16. The molecule has 0 amide bonds. The predicted molar refractivity (Wildman–Crippen MR) is 67.3 cm³/mol. The first-order valence-electron chi connectivity index (χ1n) is 5.49. The van der Waals surface area contributed by atoms with E-state index in [-0.39, 0.29) is 6.10 Å². The summed E-state index contributed by atoms with van der Waals surface area (Å²) in [5, 5.41) is 0. The van der Waals surface area contributed by atoms with Crippen LogP contribution in [0.5, 0.6) is 0 Å². The lowest BCUT2D eigenvalue weighted by atomic mass is 9.95. The third-order valence-electron chi connectivity index (χ3n) is 2.49. The van der Waals surface area contributed by atoms with Crippen molar-refractivity contribution in [1.82, 2.24) is 0 Å². The van der Waals surface area contributed by atoms with Gasteiger partial charge in [-0.15, -0.1) is 0 Å². The quantitative estimate of drug-likeness (QED) is 0.682. The summed E-state index contributed by atoms with van der Waals surface area (Å²) in [6.45, 7) is 6.73. The highest BCUT2D eigenvalue weighted by Gasteiger charge is 2.24. The van der Waals surface area contributed by atoms with Gasteiger partial charge in [0.05, 0.1) is 6.10 Å². The van der Waals surface area contributed by atoms with Crippen molar-refractivity contribution in [3.63, 3.8) is 0 Å². The Hall–Kier alpha value is -0.863. The van der Waals surface area contributed by atoms with E-state index < -0.39 is 8.32 Å². The minimum Gasteiger partial charge on any atom is -0.410 e. The Balaban J connectivity index is 2.27. The van der Waals surface area contributed by atoms with Gasteiger partial charge in [-0.2, -0.15) is 0 Å². The maximum Gasteiger partial charge on any atom is 0.184 e.